The zero-order valence-corrected chi connectivity index (χ0v) is 11.6. The molecule has 0 unspecified atom stereocenters. The second-order valence-electron chi connectivity index (χ2n) is 4.13. The lowest BCUT2D eigenvalue weighted by Gasteiger charge is -2.08. The van der Waals surface area contributed by atoms with E-state index >= 15 is 0 Å². The topological polar surface area (TPSA) is 77.8 Å². The minimum absolute atomic E-state index is 0.321. The molecule has 0 saturated heterocycles. The van der Waals surface area contributed by atoms with Gasteiger partial charge in [-0.05, 0) is 20.3 Å². The van der Waals surface area contributed by atoms with Crippen LogP contribution in [0.2, 0.25) is 0 Å². The minimum atomic E-state index is 0.321. The molecule has 1 N–H and O–H groups in total. The molecule has 0 aliphatic rings. The number of nitrogens with zero attached hydrogens (tertiary/aromatic N) is 5. The van der Waals surface area contributed by atoms with E-state index in [1.54, 1.807) is 13.4 Å². The maximum absolute atomic E-state index is 5.47. The fourth-order valence-corrected chi connectivity index (χ4v) is 1.52. The Morgan fingerprint density at radius 2 is 2.05 bits per heavy atom. The van der Waals surface area contributed by atoms with Gasteiger partial charge in [-0.25, -0.2) is 4.98 Å². The molecule has 0 radical (unpaired) electrons. The van der Waals surface area contributed by atoms with Crippen LogP contribution in [0.4, 0.5) is 5.95 Å². The highest BCUT2D eigenvalue weighted by atomic mass is 16.5. The van der Waals surface area contributed by atoms with E-state index in [-0.39, 0.29) is 0 Å². The van der Waals surface area contributed by atoms with E-state index in [1.807, 2.05) is 25.3 Å². The van der Waals surface area contributed by atoms with Crippen LogP contribution in [-0.4, -0.2) is 38.2 Å². The van der Waals surface area contributed by atoms with Crippen molar-refractivity contribution in [1.82, 2.24) is 24.5 Å². The molecule has 2 rings (SSSR count). The lowest BCUT2D eigenvalue weighted by Crippen LogP contribution is -2.10. The molecule has 0 atom stereocenters. The molecule has 0 saturated carbocycles. The third-order valence-corrected chi connectivity index (χ3v) is 2.73. The Kier molecular flexibility index (Phi) is 3.94. The van der Waals surface area contributed by atoms with E-state index in [1.165, 1.54) is 0 Å². The number of nitrogens with one attached hydrogen (secondary N) is 1. The molecular weight excluding hydrogens is 244 g/mol. The molecule has 2 aromatic rings. The first-order chi connectivity index (χ1) is 9.15. The molecule has 0 aliphatic carbocycles. The van der Waals surface area contributed by atoms with Crippen molar-refractivity contribution in [2.75, 3.05) is 19.0 Å². The second-order valence-corrected chi connectivity index (χ2v) is 4.13. The summed E-state index contributed by atoms with van der Waals surface area (Å²) < 4.78 is 7.29. The zero-order chi connectivity index (χ0) is 13.8. The van der Waals surface area contributed by atoms with Crippen LogP contribution < -0.4 is 10.1 Å². The predicted octanol–water partition coefficient (Wildman–Crippen LogP) is 1.50. The maximum Gasteiger partial charge on any atom is 0.323 e. The van der Waals surface area contributed by atoms with Crippen LogP contribution in [0.5, 0.6) is 6.01 Å². The van der Waals surface area contributed by atoms with Crippen LogP contribution in [-0.2, 0) is 0 Å². The predicted molar refractivity (Wildman–Crippen MR) is 71.8 cm³/mol. The molecule has 0 fully saturated rings. The molecule has 102 valence electrons. The van der Waals surface area contributed by atoms with Gasteiger partial charge < -0.3 is 10.1 Å². The first kappa shape index (κ1) is 13.3. The summed E-state index contributed by atoms with van der Waals surface area (Å²) in [5, 5.41) is 2.90. The third kappa shape index (κ3) is 2.81. The van der Waals surface area contributed by atoms with Crippen LogP contribution in [0, 0.1) is 13.8 Å². The van der Waals surface area contributed by atoms with Crippen molar-refractivity contribution in [2.24, 2.45) is 0 Å². The first-order valence-corrected chi connectivity index (χ1v) is 6.23. The quantitative estimate of drug-likeness (QED) is 0.880. The SMILES string of the molecule is CCCOc1nc(NC)nc(-n2cnc(C)c2C)n1. The van der Waals surface area contributed by atoms with Crippen molar-refractivity contribution in [3.05, 3.63) is 17.7 Å². The summed E-state index contributed by atoms with van der Waals surface area (Å²) in [6.45, 7) is 6.53. The summed E-state index contributed by atoms with van der Waals surface area (Å²) in [4.78, 5) is 17.0. The lowest BCUT2D eigenvalue weighted by atomic mass is 10.4. The number of hydrogen-bond donors (Lipinski definition) is 1. The van der Waals surface area contributed by atoms with Crippen LogP contribution in [0.3, 0.4) is 0 Å². The summed E-state index contributed by atoms with van der Waals surface area (Å²) in [7, 11) is 1.76. The van der Waals surface area contributed by atoms with Gasteiger partial charge in [0.05, 0.1) is 12.3 Å². The smallest absolute Gasteiger partial charge is 0.323 e. The van der Waals surface area contributed by atoms with Crippen LogP contribution in [0.1, 0.15) is 24.7 Å². The summed E-state index contributed by atoms with van der Waals surface area (Å²) in [5.74, 6) is 0.977. The monoisotopic (exact) mass is 262 g/mol. The molecule has 19 heavy (non-hydrogen) atoms. The van der Waals surface area contributed by atoms with Gasteiger partial charge in [0.25, 0.3) is 0 Å². The number of hydrogen-bond acceptors (Lipinski definition) is 6. The van der Waals surface area contributed by atoms with Gasteiger partial charge in [0.15, 0.2) is 0 Å². The molecule has 0 aromatic carbocycles. The van der Waals surface area contributed by atoms with Gasteiger partial charge in [-0.2, -0.15) is 15.0 Å². The van der Waals surface area contributed by atoms with Crippen LogP contribution >= 0.6 is 0 Å². The molecule has 2 aromatic heterocycles. The molecule has 0 spiro atoms. The molecular formula is C12H18N6O. The van der Waals surface area contributed by atoms with Gasteiger partial charge in [-0.3, -0.25) is 4.57 Å². The highest BCUT2D eigenvalue weighted by molar-refractivity contribution is 5.31. The Bertz CT molecular complexity index is 565. The lowest BCUT2D eigenvalue weighted by molar-refractivity contribution is 0.291. The van der Waals surface area contributed by atoms with E-state index in [9.17, 15) is 0 Å². The van der Waals surface area contributed by atoms with Gasteiger partial charge in [0.1, 0.15) is 6.33 Å². The summed E-state index contributed by atoms with van der Waals surface area (Å²) >= 11 is 0. The molecule has 0 aliphatic heterocycles. The van der Waals surface area contributed by atoms with Crippen molar-refractivity contribution in [1.29, 1.82) is 0 Å². The van der Waals surface area contributed by atoms with Crippen LogP contribution in [0.25, 0.3) is 5.95 Å². The first-order valence-electron chi connectivity index (χ1n) is 6.23. The average molecular weight is 262 g/mol. The molecule has 7 nitrogen and oxygen atoms in total. The van der Waals surface area contributed by atoms with Crippen molar-refractivity contribution in [3.63, 3.8) is 0 Å². The van der Waals surface area contributed by atoms with Gasteiger partial charge >= 0.3 is 6.01 Å². The molecule has 2 heterocycles. The van der Waals surface area contributed by atoms with Crippen molar-refractivity contribution in [3.8, 4) is 12.0 Å². The van der Waals surface area contributed by atoms with Crippen molar-refractivity contribution >= 4 is 5.95 Å². The number of imidazole rings is 1. The fraction of sp³-hybridized carbons (Fsp3) is 0.500. The van der Waals surface area contributed by atoms with Crippen LogP contribution in [0.15, 0.2) is 6.33 Å². The Hall–Kier alpha value is -2.18. The number of aromatic nitrogens is 5. The zero-order valence-electron chi connectivity index (χ0n) is 11.6. The van der Waals surface area contributed by atoms with E-state index in [2.05, 4.69) is 25.3 Å². The fourth-order valence-electron chi connectivity index (χ4n) is 1.52. The Balaban J connectivity index is 2.41. The third-order valence-electron chi connectivity index (χ3n) is 2.73. The van der Waals surface area contributed by atoms with E-state index in [0.717, 1.165) is 17.8 Å². The second kappa shape index (κ2) is 5.64. The largest absolute Gasteiger partial charge is 0.463 e. The molecule has 0 bridgehead atoms. The highest BCUT2D eigenvalue weighted by Gasteiger charge is 2.11. The van der Waals surface area contributed by atoms with Gasteiger partial charge in [0, 0.05) is 12.7 Å². The number of ether oxygens (including phenoxy) is 1. The van der Waals surface area contributed by atoms with E-state index in [4.69, 9.17) is 4.74 Å². The average Bonchev–Trinajstić information content (AvgIpc) is 2.76. The van der Waals surface area contributed by atoms with Crippen molar-refractivity contribution < 1.29 is 4.74 Å². The Morgan fingerprint density at radius 3 is 2.63 bits per heavy atom. The maximum atomic E-state index is 5.47. The van der Waals surface area contributed by atoms with E-state index < -0.39 is 0 Å². The van der Waals surface area contributed by atoms with E-state index in [0.29, 0.717) is 24.5 Å². The number of anilines is 1. The number of aryl methyl sites for hydroxylation is 1. The normalized spacial score (nSPS) is 10.5. The highest BCUT2D eigenvalue weighted by Crippen LogP contribution is 2.14. The van der Waals surface area contributed by atoms with Crippen molar-refractivity contribution in [2.45, 2.75) is 27.2 Å². The Labute approximate surface area is 112 Å². The standard InChI is InChI=1S/C12H18N6O/c1-5-6-19-12-16-10(13-4)15-11(17-12)18-7-14-8(2)9(18)3/h7H,5-6H2,1-4H3,(H,13,15,16,17). The molecule has 7 heteroatoms. The summed E-state index contributed by atoms with van der Waals surface area (Å²) in [6, 6.07) is 0.321. The molecule has 0 amide bonds. The van der Waals surface area contributed by atoms with Gasteiger partial charge in [-0.15, -0.1) is 0 Å². The Morgan fingerprint density at radius 1 is 1.26 bits per heavy atom. The summed E-state index contributed by atoms with van der Waals surface area (Å²) in [5.41, 5.74) is 1.94. The van der Waals surface area contributed by atoms with Gasteiger partial charge in [0.2, 0.25) is 11.9 Å². The number of rotatable bonds is 5. The minimum Gasteiger partial charge on any atom is -0.463 e. The van der Waals surface area contributed by atoms with Gasteiger partial charge in [-0.1, -0.05) is 6.92 Å². The summed E-state index contributed by atoms with van der Waals surface area (Å²) in [6.07, 6.45) is 2.60.